The average molecular weight is 1040 g/mol. The number of carbonyl (C=O) groups is 8. The quantitative estimate of drug-likeness (QED) is 0.0812. The zero-order valence-electron chi connectivity index (χ0n) is 45.0. The topological polar surface area (TPSA) is 243 Å². The number of amides is 5. The molecular weight excluding hydrogens is 959 g/mol. The van der Waals surface area contributed by atoms with Crippen LogP contribution in [-0.2, 0) is 64.3 Å². The van der Waals surface area contributed by atoms with Crippen molar-refractivity contribution < 1.29 is 61.4 Å². The number of likely N-dealkylation sites (N-methyl/N-ethyl adjacent to an activating group) is 1. The van der Waals surface area contributed by atoms with Gasteiger partial charge in [-0.25, -0.2) is 8.42 Å². The molecule has 2 aliphatic heterocycles. The van der Waals surface area contributed by atoms with Gasteiger partial charge in [0.05, 0.1) is 49.4 Å². The summed E-state index contributed by atoms with van der Waals surface area (Å²) >= 11 is 0. The average Bonchev–Trinajstić information content (AvgIpc) is 4.11. The van der Waals surface area contributed by atoms with Crippen LogP contribution in [-0.4, -0.2) is 152 Å². The molecule has 12 atom stereocenters. The van der Waals surface area contributed by atoms with E-state index in [2.05, 4.69) is 5.32 Å². The predicted octanol–water partition coefficient (Wildman–Crippen LogP) is 5.20. The fraction of sp³-hybridized carbons (Fsp3) is 0.741. The molecule has 1 aliphatic carbocycles. The number of carboxylic acid groups (broad SMARTS) is 1. The van der Waals surface area contributed by atoms with Crippen LogP contribution in [0, 0.1) is 41.4 Å². The third kappa shape index (κ3) is 16.9. The molecular formula is C54H85N5O13S. The molecule has 410 valence electrons. The van der Waals surface area contributed by atoms with Gasteiger partial charge in [0.1, 0.15) is 5.78 Å². The summed E-state index contributed by atoms with van der Waals surface area (Å²) in [5.74, 6) is -6.49. The zero-order chi connectivity index (χ0) is 54.3. The van der Waals surface area contributed by atoms with Crippen LogP contribution in [0.25, 0.3) is 0 Å². The molecule has 0 radical (unpaired) electrons. The second kappa shape index (κ2) is 28.2. The molecule has 18 nitrogen and oxygen atoms in total. The molecule has 1 unspecified atom stereocenters. The molecule has 0 spiro atoms. The number of methoxy groups -OCH3 is 2. The fourth-order valence-corrected chi connectivity index (χ4v) is 12.1. The van der Waals surface area contributed by atoms with Gasteiger partial charge in [-0.1, -0.05) is 84.7 Å². The van der Waals surface area contributed by atoms with Crippen molar-refractivity contribution in [2.45, 2.75) is 174 Å². The van der Waals surface area contributed by atoms with Gasteiger partial charge in [-0.3, -0.25) is 43.1 Å². The molecule has 3 fully saturated rings. The number of aliphatic carboxylic acids is 1. The van der Waals surface area contributed by atoms with Gasteiger partial charge in [0.2, 0.25) is 39.6 Å². The molecule has 2 saturated heterocycles. The van der Waals surface area contributed by atoms with E-state index in [0.717, 1.165) is 31.1 Å². The number of piperidine rings is 1. The summed E-state index contributed by atoms with van der Waals surface area (Å²) in [6.45, 7) is 11.9. The Labute approximate surface area is 433 Å². The highest BCUT2D eigenvalue weighted by Crippen LogP contribution is 2.44. The van der Waals surface area contributed by atoms with Crippen molar-refractivity contribution in [2.24, 2.45) is 41.4 Å². The Hall–Kier alpha value is -4.75. The number of likely N-dealkylation sites (tertiary alicyclic amines) is 2. The monoisotopic (exact) mass is 1040 g/mol. The number of ether oxygens (including phenoxy) is 2. The first-order chi connectivity index (χ1) is 34.4. The predicted molar refractivity (Wildman–Crippen MR) is 275 cm³/mol. The zero-order valence-corrected chi connectivity index (χ0v) is 45.8. The van der Waals surface area contributed by atoms with E-state index in [-0.39, 0.29) is 97.5 Å². The summed E-state index contributed by atoms with van der Waals surface area (Å²) in [6.07, 6.45) is 5.39. The minimum Gasteiger partial charge on any atom is -0.481 e. The maximum absolute atomic E-state index is 14.8. The number of ketones is 2. The normalized spacial score (nSPS) is 21.9. The molecule has 73 heavy (non-hydrogen) atoms. The largest absolute Gasteiger partial charge is 0.481 e. The van der Waals surface area contributed by atoms with Gasteiger partial charge in [-0.2, -0.15) is 0 Å². The van der Waals surface area contributed by atoms with Gasteiger partial charge in [-0.05, 0) is 74.7 Å². The summed E-state index contributed by atoms with van der Waals surface area (Å²) in [4.78, 5) is 113. The molecule has 3 aliphatic rings. The number of fused-ring (bicyclic) bond motifs is 2. The van der Waals surface area contributed by atoms with E-state index in [1.54, 1.807) is 59.9 Å². The van der Waals surface area contributed by atoms with Crippen molar-refractivity contribution in [1.29, 1.82) is 0 Å². The number of hydrogen-bond acceptors (Lipinski definition) is 12. The molecule has 1 saturated carbocycles. The number of rotatable bonds is 31. The summed E-state index contributed by atoms with van der Waals surface area (Å²) < 4.78 is 38.2. The number of Topliss-reactive ketones (excluding diaryl/α,β-unsaturated/α-hetero) is 2. The first-order valence-electron chi connectivity index (χ1n) is 26.5. The molecule has 4 rings (SSSR count). The smallest absolute Gasteiger partial charge is 0.304 e. The van der Waals surface area contributed by atoms with Crippen molar-refractivity contribution in [3.63, 3.8) is 0 Å². The van der Waals surface area contributed by atoms with Gasteiger partial charge < -0.3 is 34.6 Å². The lowest BCUT2D eigenvalue weighted by Gasteiger charge is -2.41. The number of unbranched alkanes of at least 4 members (excludes halogenated alkanes) is 2. The molecule has 5 amide bonds. The van der Waals surface area contributed by atoms with Crippen LogP contribution < -0.4 is 10.0 Å². The standard InChI is InChI=1S/C54H85N5O13S/c1-11-34(4)49(45(71-8)32-47(63)58-26-18-21-42(58)51(72-9)36(6)43(60)30-39(53(67)56-73(10,69)70)28-37-19-14-12-15-20-37)57(7)54(68)41(33(2)3)31-44(61)50-38-23-24-40(29-38)59(50)46(62)22-16-13-17-25-55-52(66)35(5)27-48(64)65/h12,14-15,19-20,33-36,38-42,45,49-51H,11,13,16-18,21-32H2,1-10H3,(H,55,66)(H,56,67)(H,64,65)/t34-,35?,36-,38-,39+,40+,41-,42-,45+,49-,50-,51+/m0/s1. The van der Waals surface area contributed by atoms with Crippen LogP contribution in [0.5, 0.6) is 0 Å². The Balaban J connectivity index is 1.43. The van der Waals surface area contributed by atoms with Crippen molar-refractivity contribution in [1.82, 2.24) is 24.7 Å². The second-order valence-electron chi connectivity index (χ2n) is 21.5. The maximum atomic E-state index is 14.8. The third-order valence-electron chi connectivity index (χ3n) is 15.8. The van der Waals surface area contributed by atoms with E-state index in [4.69, 9.17) is 14.6 Å². The second-order valence-corrected chi connectivity index (χ2v) is 23.2. The van der Waals surface area contributed by atoms with Gasteiger partial charge in [-0.15, -0.1) is 0 Å². The van der Waals surface area contributed by atoms with Gasteiger partial charge in [0.15, 0.2) is 5.78 Å². The van der Waals surface area contributed by atoms with E-state index in [9.17, 15) is 46.8 Å². The number of carbonyl (C=O) groups excluding carboxylic acids is 7. The van der Waals surface area contributed by atoms with Crippen molar-refractivity contribution in [2.75, 3.05) is 40.6 Å². The van der Waals surface area contributed by atoms with Crippen LogP contribution in [0.1, 0.15) is 137 Å². The highest BCUT2D eigenvalue weighted by Gasteiger charge is 2.52. The van der Waals surface area contributed by atoms with E-state index in [0.29, 0.717) is 51.6 Å². The molecule has 19 heteroatoms. The molecule has 0 aromatic heterocycles. The number of carboxylic acids is 1. The number of benzene rings is 1. The SMILES string of the molecule is CC[C@H](C)[C@@H]([C@@H](CC(=O)N1CCC[C@H]1[C@H](OC)[C@@H](C)C(=O)C[C@@H](Cc1ccccc1)C(=O)NS(C)(=O)=O)OC)N(C)C(=O)[C@@H](CC(=O)[C@@H]1[C@H]2CC[C@H](C2)N1C(=O)CCCCCNC(=O)C(C)CC(=O)O)C(C)C. The van der Waals surface area contributed by atoms with Gasteiger partial charge in [0, 0.05) is 83.3 Å². The minimum absolute atomic E-state index is 0.0237. The van der Waals surface area contributed by atoms with E-state index >= 15 is 0 Å². The van der Waals surface area contributed by atoms with E-state index in [1.807, 2.05) is 38.5 Å². The van der Waals surface area contributed by atoms with Crippen LogP contribution in [0.2, 0.25) is 0 Å². The highest BCUT2D eigenvalue weighted by molar-refractivity contribution is 7.89. The van der Waals surface area contributed by atoms with Crippen molar-refractivity contribution in [3.8, 4) is 0 Å². The molecule has 2 bridgehead atoms. The Morgan fingerprint density at radius 3 is 2.14 bits per heavy atom. The van der Waals surface area contributed by atoms with Crippen molar-refractivity contribution >= 4 is 57.1 Å². The number of nitrogens with zero attached hydrogens (tertiary/aromatic N) is 3. The van der Waals surface area contributed by atoms with E-state index in [1.165, 1.54) is 14.2 Å². The summed E-state index contributed by atoms with van der Waals surface area (Å²) in [6, 6.07) is 7.37. The lowest BCUT2D eigenvalue weighted by molar-refractivity contribution is -0.150. The van der Waals surface area contributed by atoms with Gasteiger partial charge in [0.25, 0.3) is 0 Å². The third-order valence-corrected chi connectivity index (χ3v) is 16.4. The lowest BCUT2D eigenvalue weighted by Crippen LogP contribution is -2.54. The molecule has 3 N–H and O–H groups in total. The van der Waals surface area contributed by atoms with Crippen LogP contribution >= 0.6 is 0 Å². The van der Waals surface area contributed by atoms with Crippen molar-refractivity contribution in [3.05, 3.63) is 35.9 Å². The lowest BCUT2D eigenvalue weighted by atomic mass is 9.83. The van der Waals surface area contributed by atoms with Crippen LogP contribution in [0.3, 0.4) is 0 Å². The fourth-order valence-electron chi connectivity index (χ4n) is 11.6. The number of hydrogen-bond donors (Lipinski definition) is 3. The first-order valence-corrected chi connectivity index (χ1v) is 28.4. The van der Waals surface area contributed by atoms with Gasteiger partial charge >= 0.3 is 5.97 Å². The Bertz CT molecular complexity index is 2170. The Morgan fingerprint density at radius 2 is 1.53 bits per heavy atom. The maximum Gasteiger partial charge on any atom is 0.304 e. The summed E-state index contributed by atoms with van der Waals surface area (Å²) in [5.41, 5.74) is 0.766. The van der Waals surface area contributed by atoms with E-state index < -0.39 is 75.9 Å². The first kappa shape index (κ1) is 60.8. The number of sulfonamides is 1. The Kier molecular flexibility index (Phi) is 23.5. The summed E-state index contributed by atoms with van der Waals surface area (Å²) in [5, 5.41) is 11.7. The molecule has 2 heterocycles. The molecule has 1 aromatic carbocycles. The van der Waals surface area contributed by atoms with Crippen LogP contribution in [0.4, 0.5) is 0 Å². The number of nitrogens with one attached hydrogen (secondary N) is 2. The minimum atomic E-state index is -3.89. The Morgan fingerprint density at radius 1 is 0.849 bits per heavy atom. The highest BCUT2D eigenvalue weighted by atomic mass is 32.2. The molecule has 1 aromatic rings. The van der Waals surface area contributed by atoms with Crippen LogP contribution in [0.15, 0.2) is 30.3 Å². The summed E-state index contributed by atoms with van der Waals surface area (Å²) in [7, 11) is 0.822.